The van der Waals surface area contributed by atoms with Crippen LogP contribution in [0.4, 0.5) is 0 Å². The summed E-state index contributed by atoms with van der Waals surface area (Å²) in [7, 11) is 2.95. The summed E-state index contributed by atoms with van der Waals surface area (Å²) in [6.07, 6.45) is 1.45. The second kappa shape index (κ2) is 6.30. The van der Waals surface area contributed by atoms with Crippen LogP contribution in [0.1, 0.15) is 17.4 Å². The molecule has 0 N–H and O–H groups in total. The van der Waals surface area contributed by atoms with E-state index in [2.05, 4.69) is 14.7 Å². The van der Waals surface area contributed by atoms with Crippen LogP contribution in [0, 0.1) is 5.92 Å². The lowest BCUT2D eigenvalue weighted by Gasteiger charge is -2.19. The van der Waals surface area contributed by atoms with Crippen LogP contribution in [0.15, 0.2) is 30.5 Å². The van der Waals surface area contributed by atoms with Crippen LogP contribution < -0.4 is 0 Å². The fourth-order valence-corrected chi connectivity index (χ4v) is 2.03. The Morgan fingerprint density at radius 2 is 1.95 bits per heavy atom. The fraction of sp³-hybridized carbons (Fsp3) is 0.333. The van der Waals surface area contributed by atoms with Gasteiger partial charge in [0.25, 0.3) is 5.91 Å². The molecule has 1 heterocycles. The number of carbonyl (C=O) groups is 2. The Hall–Kier alpha value is -2.50. The highest BCUT2D eigenvalue weighted by Crippen LogP contribution is 2.10. The van der Waals surface area contributed by atoms with Crippen molar-refractivity contribution in [1.29, 1.82) is 0 Å². The van der Waals surface area contributed by atoms with Crippen LogP contribution in [0.25, 0.3) is 11.0 Å². The Balaban J connectivity index is 2.15. The molecular weight excluding hydrogens is 270 g/mol. The highest BCUT2D eigenvalue weighted by Gasteiger charge is 2.20. The summed E-state index contributed by atoms with van der Waals surface area (Å²) in [5.74, 6) is -1.01. The van der Waals surface area contributed by atoms with E-state index in [-0.39, 0.29) is 24.1 Å². The maximum atomic E-state index is 12.3. The molecule has 0 bridgehead atoms. The Morgan fingerprint density at radius 3 is 2.62 bits per heavy atom. The Labute approximate surface area is 122 Å². The molecule has 1 aromatic heterocycles. The van der Waals surface area contributed by atoms with Crippen LogP contribution in [-0.4, -0.2) is 47.4 Å². The van der Waals surface area contributed by atoms with Gasteiger partial charge in [0, 0.05) is 13.6 Å². The molecule has 6 nitrogen and oxygen atoms in total. The van der Waals surface area contributed by atoms with Crippen molar-refractivity contribution in [3.63, 3.8) is 0 Å². The topological polar surface area (TPSA) is 72.4 Å². The zero-order valence-electron chi connectivity index (χ0n) is 12.2. The van der Waals surface area contributed by atoms with E-state index in [4.69, 9.17) is 0 Å². The molecule has 1 amide bonds. The van der Waals surface area contributed by atoms with Crippen LogP contribution in [-0.2, 0) is 9.53 Å². The van der Waals surface area contributed by atoms with E-state index < -0.39 is 5.92 Å². The summed E-state index contributed by atoms with van der Waals surface area (Å²) in [4.78, 5) is 33.7. The number of carbonyl (C=O) groups excluding carboxylic acids is 2. The number of methoxy groups -OCH3 is 1. The monoisotopic (exact) mass is 287 g/mol. The summed E-state index contributed by atoms with van der Waals surface area (Å²) in [6, 6.07) is 7.34. The quantitative estimate of drug-likeness (QED) is 0.797. The maximum absolute atomic E-state index is 12.3. The number of aromatic nitrogens is 2. The summed E-state index contributed by atoms with van der Waals surface area (Å²) < 4.78 is 4.65. The second-order valence-corrected chi connectivity index (χ2v) is 4.85. The first-order chi connectivity index (χ1) is 10.0. The third-order valence-electron chi connectivity index (χ3n) is 3.17. The minimum absolute atomic E-state index is 0.258. The molecule has 0 radical (unpaired) electrons. The Kier molecular flexibility index (Phi) is 4.47. The number of amides is 1. The number of hydrogen-bond acceptors (Lipinski definition) is 5. The SMILES string of the molecule is COC(=O)C(C)CN(C)C(=O)c1cnc2ccccc2n1. The lowest BCUT2D eigenvalue weighted by molar-refractivity contribution is -0.145. The van der Waals surface area contributed by atoms with Gasteiger partial charge in [0.05, 0.1) is 30.3 Å². The Morgan fingerprint density at radius 1 is 1.29 bits per heavy atom. The number of hydrogen-bond donors (Lipinski definition) is 0. The third kappa shape index (κ3) is 3.34. The second-order valence-electron chi connectivity index (χ2n) is 4.85. The number of benzene rings is 1. The van der Waals surface area contributed by atoms with Gasteiger partial charge >= 0.3 is 5.97 Å². The van der Waals surface area contributed by atoms with Gasteiger partial charge in [0.15, 0.2) is 0 Å². The molecule has 0 saturated heterocycles. The molecule has 1 aromatic carbocycles. The van der Waals surface area contributed by atoms with E-state index >= 15 is 0 Å². The van der Waals surface area contributed by atoms with Gasteiger partial charge in [-0.1, -0.05) is 19.1 Å². The lowest BCUT2D eigenvalue weighted by atomic mass is 10.1. The van der Waals surface area contributed by atoms with Crippen LogP contribution in [0.5, 0.6) is 0 Å². The fourth-order valence-electron chi connectivity index (χ4n) is 2.03. The summed E-state index contributed by atoms with van der Waals surface area (Å²) in [5.41, 5.74) is 1.66. The molecule has 21 heavy (non-hydrogen) atoms. The first-order valence-electron chi connectivity index (χ1n) is 6.58. The van der Waals surface area contributed by atoms with E-state index in [1.54, 1.807) is 20.0 Å². The van der Waals surface area contributed by atoms with Crippen molar-refractivity contribution in [3.8, 4) is 0 Å². The van der Waals surface area contributed by atoms with Gasteiger partial charge in [0.1, 0.15) is 5.69 Å². The Bertz CT molecular complexity index is 672. The molecule has 0 spiro atoms. The molecule has 0 aliphatic carbocycles. The van der Waals surface area contributed by atoms with Crippen LogP contribution in [0.3, 0.4) is 0 Å². The molecule has 110 valence electrons. The standard InChI is InChI=1S/C15H17N3O3/c1-10(15(20)21-3)9-18(2)14(19)13-8-16-11-6-4-5-7-12(11)17-13/h4-8,10H,9H2,1-3H3. The highest BCUT2D eigenvalue weighted by molar-refractivity contribution is 5.93. The largest absolute Gasteiger partial charge is 0.469 e. The minimum atomic E-state index is -0.391. The van der Waals surface area contributed by atoms with Crippen molar-refractivity contribution in [1.82, 2.24) is 14.9 Å². The van der Waals surface area contributed by atoms with E-state index in [9.17, 15) is 9.59 Å². The van der Waals surface area contributed by atoms with Gasteiger partial charge in [-0.05, 0) is 12.1 Å². The number of rotatable bonds is 4. The molecule has 1 unspecified atom stereocenters. The van der Waals surface area contributed by atoms with Gasteiger partial charge in [-0.2, -0.15) is 0 Å². The lowest BCUT2D eigenvalue weighted by Crippen LogP contribution is -2.34. The molecule has 1 atom stereocenters. The van der Waals surface area contributed by atoms with E-state index in [1.807, 2.05) is 18.2 Å². The first-order valence-corrected chi connectivity index (χ1v) is 6.58. The summed E-state index contributed by atoms with van der Waals surface area (Å²) in [6.45, 7) is 1.97. The third-order valence-corrected chi connectivity index (χ3v) is 3.17. The highest BCUT2D eigenvalue weighted by atomic mass is 16.5. The molecule has 0 aliphatic rings. The van der Waals surface area contributed by atoms with Gasteiger partial charge < -0.3 is 9.64 Å². The van der Waals surface area contributed by atoms with Crippen molar-refractivity contribution in [2.45, 2.75) is 6.92 Å². The average molecular weight is 287 g/mol. The van der Waals surface area contributed by atoms with Crippen molar-refractivity contribution in [3.05, 3.63) is 36.2 Å². The molecule has 0 aliphatic heterocycles. The van der Waals surface area contributed by atoms with Crippen molar-refractivity contribution in [2.24, 2.45) is 5.92 Å². The number of para-hydroxylation sites is 2. The summed E-state index contributed by atoms with van der Waals surface area (Å²) >= 11 is 0. The average Bonchev–Trinajstić information content (AvgIpc) is 2.52. The van der Waals surface area contributed by atoms with Gasteiger partial charge in [0.2, 0.25) is 0 Å². The number of fused-ring (bicyclic) bond motifs is 1. The zero-order chi connectivity index (χ0) is 15.4. The summed E-state index contributed by atoms with van der Waals surface area (Å²) in [5, 5.41) is 0. The maximum Gasteiger partial charge on any atom is 0.310 e. The van der Waals surface area contributed by atoms with Crippen LogP contribution in [0.2, 0.25) is 0 Å². The predicted molar refractivity (Wildman–Crippen MR) is 77.7 cm³/mol. The van der Waals surface area contributed by atoms with Gasteiger partial charge in [-0.3, -0.25) is 14.6 Å². The molecule has 0 saturated carbocycles. The van der Waals surface area contributed by atoms with Crippen molar-refractivity contribution < 1.29 is 14.3 Å². The van der Waals surface area contributed by atoms with Crippen molar-refractivity contribution >= 4 is 22.9 Å². The minimum Gasteiger partial charge on any atom is -0.469 e. The molecular formula is C15H17N3O3. The number of ether oxygens (including phenoxy) is 1. The molecule has 0 fully saturated rings. The molecule has 6 heteroatoms. The van der Waals surface area contributed by atoms with Gasteiger partial charge in [-0.15, -0.1) is 0 Å². The van der Waals surface area contributed by atoms with Crippen LogP contribution >= 0.6 is 0 Å². The molecule has 2 aromatic rings. The normalized spacial score (nSPS) is 12.0. The number of nitrogens with zero attached hydrogens (tertiary/aromatic N) is 3. The van der Waals surface area contributed by atoms with Gasteiger partial charge in [-0.25, -0.2) is 4.98 Å². The predicted octanol–water partition coefficient (Wildman–Crippen LogP) is 1.51. The van der Waals surface area contributed by atoms with E-state index in [0.29, 0.717) is 5.52 Å². The number of esters is 1. The van der Waals surface area contributed by atoms with E-state index in [1.165, 1.54) is 18.2 Å². The zero-order valence-corrected chi connectivity index (χ0v) is 12.2. The van der Waals surface area contributed by atoms with Crippen molar-refractivity contribution in [2.75, 3.05) is 20.7 Å². The first kappa shape index (κ1) is 14.9. The van der Waals surface area contributed by atoms with E-state index in [0.717, 1.165) is 5.52 Å². The molecule has 2 rings (SSSR count). The smallest absolute Gasteiger partial charge is 0.310 e.